The number of aryl methyl sites for hydroxylation is 2. The molecule has 0 unspecified atom stereocenters. The smallest absolute Gasteiger partial charge is 0.228 e. The van der Waals surface area contributed by atoms with E-state index in [4.69, 9.17) is 9.47 Å². The Bertz CT molecular complexity index is 647. The zero-order chi connectivity index (χ0) is 15.4. The molecule has 0 radical (unpaired) electrons. The first-order valence-corrected chi connectivity index (χ1v) is 6.70. The monoisotopic (exact) mass is 288 g/mol. The van der Waals surface area contributed by atoms with E-state index in [1.165, 1.54) is 0 Å². The van der Waals surface area contributed by atoms with E-state index in [-0.39, 0.29) is 5.91 Å². The lowest BCUT2D eigenvalue weighted by Crippen LogP contribution is -2.14. The number of aromatic nitrogens is 1. The van der Waals surface area contributed by atoms with Gasteiger partial charge < -0.3 is 19.8 Å². The van der Waals surface area contributed by atoms with E-state index in [0.29, 0.717) is 23.6 Å². The minimum atomic E-state index is -0.0654. The van der Waals surface area contributed by atoms with Gasteiger partial charge in [0.25, 0.3) is 0 Å². The van der Waals surface area contributed by atoms with Crippen molar-refractivity contribution in [3.63, 3.8) is 0 Å². The molecule has 1 heterocycles. The molecule has 5 heteroatoms. The Kier molecular flexibility index (Phi) is 4.52. The zero-order valence-corrected chi connectivity index (χ0v) is 12.7. The van der Waals surface area contributed by atoms with E-state index in [1.807, 2.05) is 19.9 Å². The Morgan fingerprint density at radius 1 is 1.14 bits per heavy atom. The summed E-state index contributed by atoms with van der Waals surface area (Å²) in [5, 5.41) is 2.86. The fourth-order valence-corrected chi connectivity index (χ4v) is 2.26. The maximum Gasteiger partial charge on any atom is 0.228 e. The van der Waals surface area contributed by atoms with E-state index in [9.17, 15) is 4.79 Å². The van der Waals surface area contributed by atoms with Crippen molar-refractivity contribution in [2.45, 2.75) is 20.3 Å². The Labute approximate surface area is 124 Å². The predicted molar refractivity (Wildman–Crippen MR) is 82.1 cm³/mol. The summed E-state index contributed by atoms with van der Waals surface area (Å²) < 4.78 is 10.4. The lowest BCUT2D eigenvalue weighted by Gasteiger charge is -2.10. The van der Waals surface area contributed by atoms with Gasteiger partial charge in [0.05, 0.1) is 20.6 Å². The highest BCUT2D eigenvalue weighted by atomic mass is 16.5. The average molecular weight is 288 g/mol. The van der Waals surface area contributed by atoms with Gasteiger partial charge in [0.2, 0.25) is 5.91 Å². The number of nitrogens with one attached hydrogen (secondary N) is 2. The molecule has 1 aromatic heterocycles. The maximum absolute atomic E-state index is 12.1. The number of rotatable bonds is 5. The van der Waals surface area contributed by atoms with Crippen molar-refractivity contribution in [3.05, 3.63) is 41.2 Å². The van der Waals surface area contributed by atoms with Crippen molar-refractivity contribution in [2.75, 3.05) is 19.5 Å². The third-order valence-corrected chi connectivity index (χ3v) is 3.28. The second-order valence-corrected chi connectivity index (χ2v) is 4.90. The van der Waals surface area contributed by atoms with Gasteiger partial charge in [-0.05, 0) is 37.6 Å². The summed E-state index contributed by atoms with van der Waals surface area (Å²) in [4.78, 5) is 15.3. The second-order valence-electron chi connectivity index (χ2n) is 4.90. The molecule has 2 aromatic rings. The third kappa shape index (κ3) is 3.56. The highest BCUT2D eigenvalue weighted by Crippen LogP contribution is 2.29. The summed E-state index contributed by atoms with van der Waals surface area (Å²) >= 11 is 0. The maximum atomic E-state index is 12.1. The molecule has 0 aliphatic rings. The summed E-state index contributed by atoms with van der Waals surface area (Å²) in [5.41, 5.74) is 3.77. The van der Waals surface area contributed by atoms with Gasteiger partial charge in [-0.25, -0.2) is 0 Å². The van der Waals surface area contributed by atoms with Gasteiger partial charge >= 0.3 is 0 Å². The van der Waals surface area contributed by atoms with Gasteiger partial charge in [-0.2, -0.15) is 0 Å². The molecular formula is C16H20N2O3. The molecule has 1 amide bonds. The van der Waals surface area contributed by atoms with Crippen molar-refractivity contribution in [1.82, 2.24) is 4.98 Å². The molecule has 0 aliphatic heterocycles. The van der Waals surface area contributed by atoms with Gasteiger partial charge in [-0.3, -0.25) is 4.79 Å². The molecule has 0 saturated carbocycles. The summed E-state index contributed by atoms with van der Waals surface area (Å²) in [6.45, 7) is 3.94. The van der Waals surface area contributed by atoms with E-state index in [1.54, 1.807) is 32.4 Å². The van der Waals surface area contributed by atoms with Crippen LogP contribution in [-0.2, 0) is 11.2 Å². The average Bonchev–Trinajstić information content (AvgIpc) is 2.76. The van der Waals surface area contributed by atoms with Gasteiger partial charge in [-0.1, -0.05) is 0 Å². The standard InChI is InChI=1S/C16H20N2O3/c1-10-7-12(11(2)17-10)8-16(19)18-13-5-6-14(20-3)15(9-13)21-4/h5-7,9,17H,8H2,1-4H3,(H,18,19). The fourth-order valence-electron chi connectivity index (χ4n) is 2.26. The molecule has 0 atom stereocenters. The molecule has 2 N–H and O–H groups in total. The molecule has 2 rings (SSSR count). The molecular weight excluding hydrogens is 268 g/mol. The Morgan fingerprint density at radius 2 is 1.86 bits per heavy atom. The number of H-pyrrole nitrogens is 1. The van der Waals surface area contributed by atoms with E-state index >= 15 is 0 Å². The highest BCUT2D eigenvalue weighted by molar-refractivity contribution is 5.92. The number of hydrogen-bond acceptors (Lipinski definition) is 3. The van der Waals surface area contributed by atoms with Crippen LogP contribution in [0.1, 0.15) is 17.0 Å². The topological polar surface area (TPSA) is 63.3 Å². The van der Waals surface area contributed by atoms with Gasteiger partial charge in [0.15, 0.2) is 11.5 Å². The first-order chi connectivity index (χ1) is 10.0. The van der Waals surface area contributed by atoms with E-state index in [0.717, 1.165) is 17.0 Å². The van der Waals surface area contributed by atoms with Crippen LogP contribution >= 0.6 is 0 Å². The molecule has 0 fully saturated rings. The number of benzene rings is 1. The number of aromatic amines is 1. The lowest BCUT2D eigenvalue weighted by atomic mass is 10.1. The van der Waals surface area contributed by atoms with Crippen molar-refractivity contribution in [3.8, 4) is 11.5 Å². The predicted octanol–water partition coefficient (Wildman–Crippen LogP) is 2.83. The minimum Gasteiger partial charge on any atom is -0.493 e. The SMILES string of the molecule is COc1ccc(NC(=O)Cc2cc(C)[nH]c2C)cc1OC. The van der Waals surface area contributed by atoms with Crippen molar-refractivity contribution in [2.24, 2.45) is 0 Å². The number of ether oxygens (including phenoxy) is 2. The van der Waals surface area contributed by atoms with Crippen LogP contribution in [0.3, 0.4) is 0 Å². The van der Waals surface area contributed by atoms with Gasteiger partial charge in [-0.15, -0.1) is 0 Å². The summed E-state index contributed by atoms with van der Waals surface area (Å²) in [6, 6.07) is 7.28. The minimum absolute atomic E-state index is 0.0654. The first-order valence-electron chi connectivity index (χ1n) is 6.70. The van der Waals surface area contributed by atoms with Crippen LogP contribution in [0, 0.1) is 13.8 Å². The summed E-state index contributed by atoms with van der Waals surface area (Å²) in [7, 11) is 3.14. The van der Waals surface area contributed by atoms with Crippen LogP contribution in [0.2, 0.25) is 0 Å². The number of anilines is 1. The molecule has 0 aliphatic carbocycles. The molecule has 112 valence electrons. The summed E-state index contributed by atoms with van der Waals surface area (Å²) in [6.07, 6.45) is 0.338. The number of amides is 1. The number of carbonyl (C=O) groups is 1. The highest BCUT2D eigenvalue weighted by Gasteiger charge is 2.10. The van der Waals surface area contributed by atoms with E-state index < -0.39 is 0 Å². The lowest BCUT2D eigenvalue weighted by molar-refractivity contribution is -0.115. The van der Waals surface area contributed by atoms with Crippen LogP contribution in [0.4, 0.5) is 5.69 Å². The van der Waals surface area contributed by atoms with Crippen molar-refractivity contribution in [1.29, 1.82) is 0 Å². The fraction of sp³-hybridized carbons (Fsp3) is 0.312. The number of hydrogen-bond donors (Lipinski definition) is 2. The van der Waals surface area contributed by atoms with E-state index in [2.05, 4.69) is 10.3 Å². The quantitative estimate of drug-likeness (QED) is 0.889. The van der Waals surface area contributed by atoms with Crippen LogP contribution in [0.5, 0.6) is 11.5 Å². The van der Waals surface area contributed by atoms with Crippen LogP contribution in [0.15, 0.2) is 24.3 Å². The van der Waals surface area contributed by atoms with Crippen LogP contribution in [-0.4, -0.2) is 25.1 Å². The molecule has 21 heavy (non-hydrogen) atoms. The van der Waals surface area contributed by atoms with Crippen LogP contribution < -0.4 is 14.8 Å². The Hall–Kier alpha value is -2.43. The zero-order valence-electron chi connectivity index (χ0n) is 12.7. The molecule has 0 bridgehead atoms. The van der Waals surface area contributed by atoms with Gasteiger partial charge in [0.1, 0.15) is 0 Å². The number of carbonyl (C=O) groups excluding carboxylic acids is 1. The Balaban J connectivity index is 2.07. The normalized spacial score (nSPS) is 10.3. The molecule has 0 spiro atoms. The van der Waals surface area contributed by atoms with Crippen molar-refractivity contribution >= 4 is 11.6 Å². The van der Waals surface area contributed by atoms with Crippen molar-refractivity contribution < 1.29 is 14.3 Å². The van der Waals surface area contributed by atoms with Crippen LogP contribution in [0.25, 0.3) is 0 Å². The molecule has 1 aromatic carbocycles. The second kappa shape index (κ2) is 6.35. The molecule has 5 nitrogen and oxygen atoms in total. The summed E-state index contributed by atoms with van der Waals surface area (Å²) in [5.74, 6) is 1.15. The number of methoxy groups -OCH3 is 2. The first kappa shape index (κ1) is 15.0. The largest absolute Gasteiger partial charge is 0.493 e. The van der Waals surface area contributed by atoms with Gasteiger partial charge in [0, 0.05) is 23.1 Å². The Morgan fingerprint density at radius 3 is 2.43 bits per heavy atom. The third-order valence-electron chi connectivity index (χ3n) is 3.28. The molecule has 0 saturated heterocycles.